The first-order chi connectivity index (χ1) is 12.5. The minimum absolute atomic E-state index is 0.0240. The molecule has 26 heavy (non-hydrogen) atoms. The van der Waals surface area contributed by atoms with Gasteiger partial charge < -0.3 is 13.9 Å². The van der Waals surface area contributed by atoms with Crippen LogP contribution in [0.4, 0.5) is 5.69 Å². The number of furan rings is 1. The van der Waals surface area contributed by atoms with Crippen molar-refractivity contribution in [3.8, 4) is 17.4 Å². The number of nitro benzene ring substituents is 1. The number of halogens is 1. The minimum Gasteiger partial charge on any atom is -0.459 e. The van der Waals surface area contributed by atoms with Crippen LogP contribution >= 0.6 is 11.6 Å². The van der Waals surface area contributed by atoms with Crippen LogP contribution in [0, 0.1) is 21.4 Å². The Hall–Kier alpha value is -3.15. The topological polar surface area (TPSA) is 116 Å². The Kier molecular flexibility index (Phi) is 6.49. The maximum absolute atomic E-state index is 11.8. The van der Waals surface area contributed by atoms with Gasteiger partial charge in [-0.1, -0.05) is 11.6 Å². The fourth-order valence-corrected chi connectivity index (χ4v) is 2.24. The Morgan fingerprint density at radius 3 is 2.77 bits per heavy atom. The van der Waals surface area contributed by atoms with E-state index in [1.165, 1.54) is 37.5 Å². The van der Waals surface area contributed by atoms with E-state index in [2.05, 4.69) is 0 Å². The molecule has 134 valence electrons. The molecule has 2 aromatic rings. The van der Waals surface area contributed by atoms with Gasteiger partial charge in [0.25, 0.3) is 5.69 Å². The van der Waals surface area contributed by atoms with Gasteiger partial charge in [-0.2, -0.15) is 5.26 Å². The largest absolute Gasteiger partial charge is 0.459 e. The summed E-state index contributed by atoms with van der Waals surface area (Å²) in [6.45, 7) is 0.240. The van der Waals surface area contributed by atoms with Crippen LogP contribution in [0.3, 0.4) is 0 Å². The van der Waals surface area contributed by atoms with Gasteiger partial charge in [0.2, 0.25) is 0 Å². The van der Waals surface area contributed by atoms with Crippen LogP contribution in [0.15, 0.2) is 40.3 Å². The van der Waals surface area contributed by atoms with E-state index in [1.807, 2.05) is 0 Å². The smallest absolute Gasteiger partial charge is 0.349 e. The van der Waals surface area contributed by atoms with Crippen molar-refractivity contribution in [1.29, 1.82) is 5.26 Å². The van der Waals surface area contributed by atoms with Gasteiger partial charge in [-0.05, 0) is 18.2 Å². The Labute approximate surface area is 153 Å². The van der Waals surface area contributed by atoms with Crippen LogP contribution in [0.2, 0.25) is 5.02 Å². The SMILES string of the molecule is COCCOC(=O)/C(C#N)=C/c1ccc(-c2ccc([N+](=O)[O-])cc2Cl)o1. The van der Waals surface area contributed by atoms with Crippen molar-refractivity contribution in [3.63, 3.8) is 0 Å². The molecule has 1 aromatic heterocycles. The first kappa shape index (κ1) is 19.2. The van der Waals surface area contributed by atoms with Crippen LogP contribution < -0.4 is 0 Å². The molecule has 1 aromatic carbocycles. The van der Waals surface area contributed by atoms with E-state index in [0.29, 0.717) is 11.3 Å². The van der Waals surface area contributed by atoms with Crippen molar-refractivity contribution in [2.75, 3.05) is 20.3 Å². The first-order valence-electron chi connectivity index (χ1n) is 7.28. The summed E-state index contributed by atoms with van der Waals surface area (Å²) in [5.74, 6) is -0.230. The predicted octanol–water partition coefficient (Wildman–Crippen LogP) is 3.60. The van der Waals surface area contributed by atoms with E-state index in [1.54, 1.807) is 12.1 Å². The number of esters is 1. The van der Waals surface area contributed by atoms with Crippen molar-refractivity contribution in [3.05, 3.63) is 56.8 Å². The normalized spacial score (nSPS) is 11.0. The highest BCUT2D eigenvalue weighted by Gasteiger charge is 2.15. The third kappa shape index (κ3) is 4.69. The van der Waals surface area contributed by atoms with Gasteiger partial charge in [0, 0.05) is 30.9 Å². The molecule has 2 rings (SSSR count). The molecule has 9 heteroatoms. The molecule has 0 unspecified atom stereocenters. The number of methoxy groups -OCH3 is 1. The molecule has 0 fully saturated rings. The average Bonchev–Trinajstić information content (AvgIpc) is 3.07. The predicted molar refractivity (Wildman–Crippen MR) is 92.2 cm³/mol. The average molecular weight is 377 g/mol. The van der Waals surface area contributed by atoms with E-state index in [-0.39, 0.29) is 35.3 Å². The lowest BCUT2D eigenvalue weighted by molar-refractivity contribution is -0.384. The lowest BCUT2D eigenvalue weighted by Gasteiger charge is -2.02. The van der Waals surface area contributed by atoms with Gasteiger partial charge in [-0.3, -0.25) is 10.1 Å². The third-order valence-corrected chi connectivity index (χ3v) is 3.52. The third-order valence-electron chi connectivity index (χ3n) is 3.20. The highest BCUT2D eigenvalue weighted by molar-refractivity contribution is 6.33. The lowest BCUT2D eigenvalue weighted by Crippen LogP contribution is -2.11. The summed E-state index contributed by atoms with van der Waals surface area (Å²) in [5.41, 5.74) is 0.0610. The summed E-state index contributed by atoms with van der Waals surface area (Å²) in [6.07, 6.45) is 1.23. The number of non-ortho nitro benzene ring substituents is 1. The van der Waals surface area contributed by atoms with Crippen LogP contribution in [0.25, 0.3) is 17.4 Å². The molecule has 0 saturated carbocycles. The maximum atomic E-state index is 11.8. The van der Waals surface area contributed by atoms with Gasteiger partial charge in [-0.25, -0.2) is 4.79 Å². The van der Waals surface area contributed by atoms with Gasteiger partial charge in [-0.15, -0.1) is 0 Å². The Morgan fingerprint density at radius 1 is 1.38 bits per heavy atom. The number of nitrogens with zero attached hydrogens (tertiary/aromatic N) is 2. The molecule has 0 radical (unpaired) electrons. The van der Waals surface area contributed by atoms with Crippen LogP contribution in [0.1, 0.15) is 5.76 Å². The number of hydrogen-bond donors (Lipinski definition) is 0. The second-order valence-corrected chi connectivity index (χ2v) is 5.33. The van der Waals surface area contributed by atoms with Gasteiger partial charge in [0.05, 0.1) is 16.6 Å². The lowest BCUT2D eigenvalue weighted by atomic mass is 10.1. The molecule has 1 heterocycles. The summed E-state index contributed by atoms with van der Waals surface area (Å²) < 4.78 is 15.2. The monoisotopic (exact) mass is 376 g/mol. The molecule has 0 saturated heterocycles. The zero-order chi connectivity index (χ0) is 19.1. The Balaban J connectivity index is 2.22. The van der Waals surface area contributed by atoms with Gasteiger partial charge in [0.15, 0.2) is 0 Å². The highest BCUT2D eigenvalue weighted by Crippen LogP contribution is 2.32. The molecule has 0 bridgehead atoms. The first-order valence-corrected chi connectivity index (χ1v) is 7.66. The van der Waals surface area contributed by atoms with E-state index >= 15 is 0 Å². The molecule has 0 spiro atoms. The van der Waals surface area contributed by atoms with Crippen LogP contribution in [-0.2, 0) is 14.3 Å². The van der Waals surface area contributed by atoms with Crippen LogP contribution in [-0.4, -0.2) is 31.2 Å². The molecule has 0 atom stereocenters. The van der Waals surface area contributed by atoms with Crippen molar-refractivity contribution in [1.82, 2.24) is 0 Å². The molecule has 0 aliphatic heterocycles. The summed E-state index contributed by atoms with van der Waals surface area (Å²) in [6, 6.07) is 8.82. The standard InChI is InChI=1S/C17H13ClN2O6/c1-24-6-7-25-17(21)11(10-19)8-13-3-5-16(26-13)14-4-2-12(20(22)23)9-15(14)18/h2-5,8-9H,6-7H2,1H3/b11-8+. The van der Waals surface area contributed by atoms with E-state index in [9.17, 15) is 14.9 Å². The molecule has 0 aliphatic rings. The molecular weight excluding hydrogens is 364 g/mol. The summed E-state index contributed by atoms with van der Waals surface area (Å²) in [7, 11) is 1.46. The molecule has 0 aliphatic carbocycles. The summed E-state index contributed by atoms with van der Waals surface area (Å²) in [4.78, 5) is 22.0. The number of carbonyl (C=O) groups is 1. The van der Waals surface area contributed by atoms with Gasteiger partial charge in [0.1, 0.15) is 29.8 Å². The van der Waals surface area contributed by atoms with E-state index in [4.69, 9.17) is 30.8 Å². The second-order valence-electron chi connectivity index (χ2n) is 4.92. The number of hydrogen-bond acceptors (Lipinski definition) is 7. The van der Waals surface area contributed by atoms with Gasteiger partial charge >= 0.3 is 5.97 Å². The number of benzene rings is 1. The zero-order valence-electron chi connectivity index (χ0n) is 13.6. The number of nitriles is 1. The second kappa shape index (κ2) is 8.80. The van der Waals surface area contributed by atoms with Crippen LogP contribution in [0.5, 0.6) is 0 Å². The minimum atomic E-state index is -0.795. The fraction of sp³-hybridized carbons (Fsp3) is 0.176. The molecule has 0 amide bonds. The van der Waals surface area contributed by atoms with E-state index < -0.39 is 10.9 Å². The maximum Gasteiger partial charge on any atom is 0.349 e. The van der Waals surface area contributed by atoms with Crippen molar-refractivity contribution in [2.45, 2.75) is 0 Å². The van der Waals surface area contributed by atoms with Crippen molar-refractivity contribution >= 4 is 29.3 Å². The highest BCUT2D eigenvalue weighted by atomic mass is 35.5. The Bertz CT molecular complexity index is 897. The number of rotatable bonds is 7. The van der Waals surface area contributed by atoms with E-state index in [0.717, 1.165) is 0 Å². The van der Waals surface area contributed by atoms with Crippen molar-refractivity contribution < 1.29 is 23.6 Å². The van der Waals surface area contributed by atoms with Crippen molar-refractivity contribution in [2.24, 2.45) is 0 Å². The quantitative estimate of drug-likeness (QED) is 0.181. The number of ether oxygens (including phenoxy) is 2. The Morgan fingerprint density at radius 2 is 2.15 bits per heavy atom. The molecule has 0 N–H and O–H groups in total. The summed E-state index contributed by atoms with van der Waals surface area (Å²) in [5, 5.41) is 20.0. The zero-order valence-corrected chi connectivity index (χ0v) is 14.4. The molecular formula is C17H13ClN2O6. The summed E-state index contributed by atoms with van der Waals surface area (Å²) >= 11 is 6.05. The number of carbonyl (C=O) groups excluding carboxylic acids is 1. The molecule has 8 nitrogen and oxygen atoms in total. The fourth-order valence-electron chi connectivity index (χ4n) is 1.97. The number of nitro groups is 1.